The number of carbonyl (C=O) groups is 1. The van der Waals surface area contributed by atoms with Gasteiger partial charge in [-0.1, -0.05) is 53.1 Å². The summed E-state index contributed by atoms with van der Waals surface area (Å²) in [5, 5.41) is 9.39. The van der Waals surface area contributed by atoms with E-state index in [1.807, 2.05) is 0 Å². The Hall–Kier alpha value is -1.83. The van der Waals surface area contributed by atoms with E-state index in [9.17, 15) is 18.3 Å². The number of allylic oxidation sites excluding steroid dienone is 5. The molecule has 1 aromatic rings. The number of carboxylic acids is 1. The fourth-order valence-corrected chi connectivity index (χ4v) is 5.05. The predicted octanol–water partition coefficient (Wildman–Crippen LogP) is 5.57. The van der Waals surface area contributed by atoms with Gasteiger partial charge in [0.05, 0.1) is 4.90 Å². The molecule has 1 rings (SSSR count). The van der Waals surface area contributed by atoms with Crippen molar-refractivity contribution in [2.45, 2.75) is 64.3 Å². The molecule has 2 N–H and O–H groups in total. The third-order valence-electron chi connectivity index (χ3n) is 4.61. The van der Waals surface area contributed by atoms with Crippen LogP contribution in [-0.2, 0) is 14.8 Å². The first kappa shape index (κ1) is 27.2. The summed E-state index contributed by atoms with van der Waals surface area (Å²) < 4.78 is 27.0. The SMILES string of the molecule is CC(C)=CCC/C(C)=C/CC/C(C)=C/CSC[C@H](NS(=O)(=O)c1ccccc1)C(=O)O. The summed E-state index contributed by atoms with van der Waals surface area (Å²) in [6.45, 7) is 8.46. The van der Waals surface area contributed by atoms with Gasteiger partial charge in [-0.05, 0) is 65.5 Å². The van der Waals surface area contributed by atoms with Crippen molar-refractivity contribution in [3.63, 3.8) is 0 Å². The maximum absolute atomic E-state index is 12.4. The van der Waals surface area contributed by atoms with Crippen molar-refractivity contribution < 1.29 is 18.3 Å². The van der Waals surface area contributed by atoms with Crippen LogP contribution in [0.3, 0.4) is 0 Å². The number of sulfonamides is 1. The Kier molecular flexibility index (Phi) is 12.5. The summed E-state index contributed by atoms with van der Waals surface area (Å²) >= 11 is 1.40. The third kappa shape index (κ3) is 12.0. The molecule has 5 nitrogen and oxygen atoms in total. The normalized spacial score (nSPS) is 13.7. The number of thioether (sulfide) groups is 1. The molecule has 0 aromatic heterocycles. The predicted molar refractivity (Wildman–Crippen MR) is 131 cm³/mol. The molecule has 0 radical (unpaired) electrons. The van der Waals surface area contributed by atoms with E-state index in [2.05, 4.69) is 50.6 Å². The molecule has 0 unspecified atom stereocenters. The molecule has 1 aromatic carbocycles. The molecule has 0 aliphatic heterocycles. The first-order chi connectivity index (χ1) is 14.6. The van der Waals surface area contributed by atoms with Crippen molar-refractivity contribution in [2.75, 3.05) is 11.5 Å². The molecule has 0 bridgehead atoms. The van der Waals surface area contributed by atoms with Crippen LogP contribution in [0.25, 0.3) is 0 Å². The lowest BCUT2D eigenvalue weighted by molar-refractivity contribution is -0.138. The lowest BCUT2D eigenvalue weighted by Crippen LogP contribution is -2.42. The zero-order valence-electron chi connectivity index (χ0n) is 18.9. The average Bonchev–Trinajstić information content (AvgIpc) is 2.70. The highest BCUT2D eigenvalue weighted by atomic mass is 32.2. The fourth-order valence-electron chi connectivity index (χ4n) is 2.74. The van der Waals surface area contributed by atoms with Gasteiger partial charge in [-0.3, -0.25) is 4.79 Å². The number of hydrogen-bond acceptors (Lipinski definition) is 4. The second kappa shape index (κ2) is 14.3. The highest BCUT2D eigenvalue weighted by Crippen LogP contribution is 2.14. The van der Waals surface area contributed by atoms with Crippen molar-refractivity contribution in [2.24, 2.45) is 0 Å². The Balaban J connectivity index is 2.44. The van der Waals surface area contributed by atoms with Crippen molar-refractivity contribution in [1.29, 1.82) is 0 Å². The van der Waals surface area contributed by atoms with Crippen LogP contribution in [0.15, 0.2) is 70.2 Å². The number of rotatable bonds is 14. The summed E-state index contributed by atoms with van der Waals surface area (Å²) in [4.78, 5) is 11.5. The maximum Gasteiger partial charge on any atom is 0.322 e. The maximum atomic E-state index is 12.4. The van der Waals surface area contributed by atoms with Crippen LogP contribution in [0.2, 0.25) is 0 Å². The van der Waals surface area contributed by atoms with Gasteiger partial charge in [0.1, 0.15) is 6.04 Å². The smallest absolute Gasteiger partial charge is 0.322 e. The van der Waals surface area contributed by atoms with Gasteiger partial charge in [-0.15, -0.1) is 0 Å². The Morgan fingerprint density at radius 3 is 2.16 bits per heavy atom. The molecule has 1 atom stereocenters. The van der Waals surface area contributed by atoms with Crippen LogP contribution in [0, 0.1) is 0 Å². The molecule has 0 aliphatic rings. The number of aliphatic carboxylic acids is 1. The monoisotopic (exact) mass is 465 g/mol. The van der Waals surface area contributed by atoms with Crippen LogP contribution in [0.1, 0.15) is 53.4 Å². The van der Waals surface area contributed by atoms with Gasteiger partial charge in [-0.2, -0.15) is 16.5 Å². The van der Waals surface area contributed by atoms with E-state index in [1.165, 1.54) is 40.6 Å². The molecule has 0 saturated carbocycles. The zero-order valence-corrected chi connectivity index (χ0v) is 20.6. The van der Waals surface area contributed by atoms with E-state index in [4.69, 9.17) is 0 Å². The van der Waals surface area contributed by atoms with Crippen LogP contribution < -0.4 is 4.72 Å². The molecule has 0 aliphatic carbocycles. The number of hydrogen-bond donors (Lipinski definition) is 2. The van der Waals surface area contributed by atoms with Crippen molar-refractivity contribution >= 4 is 27.8 Å². The molecule has 31 heavy (non-hydrogen) atoms. The van der Waals surface area contributed by atoms with Gasteiger partial charge in [0.25, 0.3) is 0 Å². The summed E-state index contributed by atoms with van der Waals surface area (Å²) in [5.41, 5.74) is 3.99. The zero-order chi connectivity index (χ0) is 23.3. The Morgan fingerprint density at radius 1 is 1.00 bits per heavy atom. The first-order valence-corrected chi connectivity index (χ1v) is 13.1. The molecule has 172 valence electrons. The van der Waals surface area contributed by atoms with Crippen molar-refractivity contribution in [3.8, 4) is 0 Å². The molecule has 0 spiro atoms. The Bertz CT molecular complexity index is 883. The highest BCUT2D eigenvalue weighted by molar-refractivity contribution is 7.99. The van der Waals surface area contributed by atoms with E-state index in [0.29, 0.717) is 5.75 Å². The average molecular weight is 466 g/mol. The lowest BCUT2D eigenvalue weighted by atomic mass is 10.1. The van der Waals surface area contributed by atoms with Crippen LogP contribution >= 0.6 is 11.8 Å². The van der Waals surface area contributed by atoms with E-state index >= 15 is 0 Å². The minimum absolute atomic E-state index is 0.0613. The Labute approximate surface area is 191 Å². The van der Waals surface area contributed by atoms with Crippen molar-refractivity contribution in [1.82, 2.24) is 4.72 Å². The number of benzene rings is 1. The van der Waals surface area contributed by atoms with Gasteiger partial charge in [0, 0.05) is 11.5 Å². The summed E-state index contributed by atoms with van der Waals surface area (Å²) in [5.74, 6) is -0.373. The minimum atomic E-state index is -3.86. The second-order valence-electron chi connectivity index (χ2n) is 7.82. The first-order valence-electron chi connectivity index (χ1n) is 10.4. The van der Waals surface area contributed by atoms with E-state index in [1.54, 1.807) is 18.2 Å². The summed E-state index contributed by atoms with van der Waals surface area (Å²) in [7, 11) is -3.86. The quantitative estimate of drug-likeness (QED) is 0.277. The largest absolute Gasteiger partial charge is 0.480 e. The van der Waals surface area contributed by atoms with Gasteiger partial charge >= 0.3 is 5.97 Å². The summed E-state index contributed by atoms with van der Waals surface area (Å²) in [6.07, 6.45) is 10.7. The van der Waals surface area contributed by atoms with Gasteiger partial charge in [0.2, 0.25) is 10.0 Å². The Morgan fingerprint density at radius 2 is 1.58 bits per heavy atom. The van der Waals surface area contributed by atoms with Gasteiger partial charge in [-0.25, -0.2) is 8.42 Å². The van der Waals surface area contributed by atoms with E-state index < -0.39 is 22.0 Å². The molecule has 7 heteroatoms. The van der Waals surface area contributed by atoms with Gasteiger partial charge < -0.3 is 5.11 Å². The number of nitrogens with one attached hydrogen (secondary N) is 1. The van der Waals surface area contributed by atoms with E-state index in [-0.39, 0.29) is 10.6 Å². The topological polar surface area (TPSA) is 83.5 Å². The molecular weight excluding hydrogens is 430 g/mol. The molecule has 0 heterocycles. The molecule has 0 fully saturated rings. The standard InChI is InChI=1S/C24H35NO4S2/c1-19(2)10-8-11-20(3)12-9-13-21(4)16-17-30-18-23(24(26)27)25-31(28,29)22-14-6-5-7-15-22/h5-7,10,12,14-16,23,25H,8-9,11,13,17-18H2,1-4H3,(H,26,27)/b20-12+,21-16+/t23-/m0/s1. The number of carboxylic acid groups (broad SMARTS) is 1. The van der Waals surface area contributed by atoms with E-state index in [0.717, 1.165) is 25.7 Å². The fraction of sp³-hybridized carbons (Fsp3) is 0.458. The highest BCUT2D eigenvalue weighted by Gasteiger charge is 2.25. The lowest BCUT2D eigenvalue weighted by Gasteiger charge is -2.14. The minimum Gasteiger partial charge on any atom is -0.480 e. The third-order valence-corrected chi connectivity index (χ3v) is 7.06. The van der Waals surface area contributed by atoms with Crippen LogP contribution in [0.5, 0.6) is 0 Å². The molecule has 0 saturated heterocycles. The van der Waals surface area contributed by atoms with Crippen molar-refractivity contribution in [3.05, 3.63) is 65.3 Å². The summed E-state index contributed by atoms with van der Waals surface area (Å²) in [6, 6.07) is 6.63. The second-order valence-corrected chi connectivity index (χ2v) is 10.6. The molecular formula is C24H35NO4S2. The molecule has 0 amide bonds. The van der Waals surface area contributed by atoms with Gasteiger partial charge in [0.15, 0.2) is 0 Å². The van der Waals surface area contributed by atoms with Crippen LogP contribution in [0.4, 0.5) is 0 Å². The van der Waals surface area contributed by atoms with Crippen LogP contribution in [-0.4, -0.2) is 37.0 Å².